The lowest BCUT2D eigenvalue weighted by Gasteiger charge is -2.13. The minimum absolute atomic E-state index is 0.00216. The Balaban J connectivity index is 1.60. The minimum Gasteiger partial charge on any atom is -0.348 e. The average Bonchev–Trinajstić information content (AvgIpc) is 2.81. The smallest absolute Gasteiger partial charge is 0.255 e. The van der Waals surface area contributed by atoms with Crippen molar-refractivity contribution in [3.8, 4) is 22.4 Å². The molecule has 0 atom stereocenters. The van der Waals surface area contributed by atoms with E-state index < -0.39 is 0 Å². The Morgan fingerprint density at radius 2 is 1.57 bits per heavy atom. The number of aromatic nitrogens is 4. The molecule has 3 aromatic heterocycles. The molecule has 4 rings (SSSR count). The van der Waals surface area contributed by atoms with E-state index in [0.717, 1.165) is 16.7 Å². The third-order valence-electron chi connectivity index (χ3n) is 4.74. The van der Waals surface area contributed by atoms with Gasteiger partial charge in [0, 0.05) is 49.0 Å². The van der Waals surface area contributed by atoms with Gasteiger partial charge in [0.25, 0.3) is 5.56 Å². The third kappa shape index (κ3) is 4.00. The summed E-state index contributed by atoms with van der Waals surface area (Å²) in [6, 6.07) is 16.2. The Morgan fingerprint density at radius 3 is 2.27 bits per heavy atom. The Hall–Kier alpha value is -4.13. The van der Waals surface area contributed by atoms with E-state index >= 15 is 0 Å². The maximum absolute atomic E-state index is 13.0. The van der Waals surface area contributed by atoms with Gasteiger partial charge in [0.05, 0.1) is 12.2 Å². The number of carbonyl (C=O) groups excluding carboxylic acids is 1. The first-order valence-electron chi connectivity index (χ1n) is 9.38. The summed E-state index contributed by atoms with van der Waals surface area (Å²) >= 11 is 0. The van der Waals surface area contributed by atoms with E-state index in [2.05, 4.69) is 20.3 Å². The Labute approximate surface area is 173 Å². The maximum atomic E-state index is 13.0. The first-order valence-corrected chi connectivity index (χ1v) is 9.38. The van der Waals surface area contributed by atoms with Crippen LogP contribution in [0.2, 0.25) is 0 Å². The largest absolute Gasteiger partial charge is 0.348 e. The summed E-state index contributed by atoms with van der Waals surface area (Å²) in [7, 11) is 1.61. The van der Waals surface area contributed by atoms with Gasteiger partial charge in [-0.25, -0.2) is 4.98 Å². The molecular formula is C23H19N5O2. The van der Waals surface area contributed by atoms with E-state index in [4.69, 9.17) is 0 Å². The number of nitrogens with one attached hydrogen (secondary N) is 1. The highest BCUT2D eigenvalue weighted by molar-refractivity contribution is 6.04. The van der Waals surface area contributed by atoms with E-state index in [1.165, 1.54) is 10.6 Å². The second-order valence-electron chi connectivity index (χ2n) is 6.66. The Kier molecular flexibility index (Phi) is 5.43. The zero-order chi connectivity index (χ0) is 20.9. The maximum Gasteiger partial charge on any atom is 0.255 e. The van der Waals surface area contributed by atoms with Crippen LogP contribution in [0.3, 0.4) is 0 Å². The lowest BCUT2D eigenvalue weighted by Crippen LogP contribution is -2.24. The number of Topliss-reactive ketones (excluding diaryl/α,β-unsaturated/α-hetero) is 1. The number of pyridine rings is 2. The number of rotatable bonds is 6. The molecular weight excluding hydrogens is 378 g/mol. The van der Waals surface area contributed by atoms with Crippen LogP contribution < -0.4 is 10.9 Å². The quantitative estimate of drug-likeness (QED) is 0.503. The van der Waals surface area contributed by atoms with Gasteiger partial charge in [0.2, 0.25) is 5.95 Å². The van der Waals surface area contributed by atoms with Crippen LogP contribution in [0.25, 0.3) is 22.4 Å². The van der Waals surface area contributed by atoms with Crippen LogP contribution >= 0.6 is 0 Å². The summed E-state index contributed by atoms with van der Waals surface area (Å²) in [5.41, 5.74) is 3.42. The van der Waals surface area contributed by atoms with Crippen molar-refractivity contribution in [1.82, 2.24) is 19.5 Å². The van der Waals surface area contributed by atoms with Crippen molar-refractivity contribution in [2.75, 3.05) is 11.9 Å². The van der Waals surface area contributed by atoms with Crippen LogP contribution in [0.15, 0.2) is 84.2 Å². The number of anilines is 1. The zero-order valence-corrected chi connectivity index (χ0v) is 16.3. The molecule has 0 radical (unpaired) electrons. The summed E-state index contributed by atoms with van der Waals surface area (Å²) < 4.78 is 1.38. The first kappa shape index (κ1) is 19.2. The number of benzene rings is 1. The molecule has 0 amide bonds. The van der Waals surface area contributed by atoms with E-state index in [-0.39, 0.29) is 17.9 Å². The molecule has 0 unspecified atom stereocenters. The second-order valence-corrected chi connectivity index (χ2v) is 6.66. The molecule has 30 heavy (non-hydrogen) atoms. The fourth-order valence-electron chi connectivity index (χ4n) is 3.13. The molecule has 148 valence electrons. The summed E-state index contributed by atoms with van der Waals surface area (Å²) in [6.07, 6.45) is 6.67. The SMILES string of the molecule is Cn1c(NCC(=O)c2ccccc2-c2ccncc2)nc(-c2ccncc2)cc1=O. The number of carbonyl (C=O) groups is 1. The molecule has 0 fully saturated rings. The predicted octanol–water partition coefficient (Wildman–Crippen LogP) is 3.20. The van der Waals surface area contributed by atoms with Gasteiger partial charge in [0.15, 0.2) is 5.78 Å². The van der Waals surface area contributed by atoms with Gasteiger partial charge in [-0.2, -0.15) is 0 Å². The van der Waals surface area contributed by atoms with E-state index in [0.29, 0.717) is 17.2 Å². The van der Waals surface area contributed by atoms with Gasteiger partial charge in [-0.3, -0.25) is 24.1 Å². The summed E-state index contributed by atoms with van der Waals surface area (Å²) in [6.45, 7) is 0.00216. The van der Waals surface area contributed by atoms with Crippen LogP contribution in [0.4, 0.5) is 5.95 Å². The monoisotopic (exact) mass is 397 g/mol. The molecule has 0 saturated heterocycles. The van der Waals surface area contributed by atoms with E-state index in [1.54, 1.807) is 50.0 Å². The molecule has 0 saturated carbocycles. The molecule has 1 N–H and O–H groups in total. The first-order chi connectivity index (χ1) is 14.6. The van der Waals surface area contributed by atoms with Crippen molar-refractivity contribution in [3.05, 3.63) is 95.3 Å². The van der Waals surface area contributed by atoms with Crippen LogP contribution in [0, 0.1) is 0 Å². The molecule has 0 aliphatic carbocycles. The van der Waals surface area contributed by atoms with Gasteiger partial charge in [-0.15, -0.1) is 0 Å². The molecule has 0 aliphatic heterocycles. The van der Waals surface area contributed by atoms with Gasteiger partial charge < -0.3 is 5.32 Å². The predicted molar refractivity (Wildman–Crippen MR) is 115 cm³/mol. The molecule has 7 heteroatoms. The molecule has 0 aliphatic rings. The molecule has 0 spiro atoms. The van der Waals surface area contributed by atoms with Gasteiger partial charge in [0.1, 0.15) is 0 Å². The van der Waals surface area contributed by atoms with Crippen molar-refractivity contribution in [3.63, 3.8) is 0 Å². The second kappa shape index (κ2) is 8.48. The highest BCUT2D eigenvalue weighted by atomic mass is 16.1. The number of nitrogens with zero attached hydrogens (tertiary/aromatic N) is 4. The summed E-state index contributed by atoms with van der Waals surface area (Å²) in [5.74, 6) is 0.218. The third-order valence-corrected chi connectivity index (χ3v) is 4.74. The number of ketones is 1. The highest BCUT2D eigenvalue weighted by Crippen LogP contribution is 2.23. The number of hydrogen-bond donors (Lipinski definition) is 1. The lowest BCUT2D eigenvalue weighted by atomic mass is 9.98. The minimum atomic E-state index is -0.219. The molecule has 4 aromatic rings. The van der Waals surface area contributed by atoms with E-state index in [9.17, 15) is 9.59 Å². The molecule has 3 heterocycles. The van der Waals surface area contributed by atoms with Gasteiger partial charge in [-0.05, 0) is 35.4 Å². The summed E-state index contributed by atoms with van der Waals surface area (Å²) in [4.78, 5) is 37.9. The fraction of sp³-hybridized carbons (Fsp3) is 0.0870. The molecule has 0 bridgehead atoms. The lowest BCUT2D eigenvalue weighted by molar-refractivity contribution is 0.101. The van der Waals surface area contributed by atoms with Gasteiger partial charge >= 0.3 is 0 Å². The Bertz CT molecular complexity index is 1240. The van der Waals surface area contributed by atoms with Crippen molar-refractivity contribution in [2.24, 2.45) is 7.05 Å². The van der Waals surface area contributed by atoms with Crippen molar-refractivity contribution in [1.29, 1.82) is 0 Å². The van der Waals surface area contributed by atoms with Crippen molar-refractivity contribution in [2.45, 2.75) is 0 Å². The zero-order valence-electron chi connectivity index (χ0n) is 16.3. The van der Waals surface area contributed by atoms with Crippen molar-refractivity contribution >= 4 is 11.7 Å². The topological polar surface area (TPSA) is 89.8 Å². The van der Waals surface area contributed by atoms with E-state index in [1.807, 2.05) is 30.3 Å². The summed E-state index contributed by atoms with van der Waals surface area (Å²) in [5, 5.41) is 3.02. The molecule has 1 aromatic carbocycles. The van der Waals surface area contributed by atoms with Gasteiger partial charge in [-0.1, -0.05) is 24.3 Å². The van der Waals surface area contributed by atoms with Crippen LogP contribution in [-0.4, -0.2) is 31.8 Å². The average molecular weight is 397 g/mol. The Morgan fingerprint density at radius 1 is 0.933 bits per heavy atom. The normalized spacial score (nSPS) is 10.6. The van der Waals surface area contributed by atoms with Crippen molar-refractivity contribution < 1.29 is 4.79 Å². The standard InChI is InChI=1S/C23H19N5O2/c1-28-22(30)14-20(17-8-12-25-13-9-17)27-23(28)26-15-21(29)19-5-3-2-4-18(19)16-6-10-24-11-7-16/h2-14H,15H2,1H3,(H,26,27). The fourth-order valence-corrected chi connectivity index (χ4v) is 3.13. The van der Waals surface area contributed by atoms with Crippen LogP contribution in [0.5, 0.6) is 0 Å². The molecule has 7 nitrogen and oxygen atoms in total. The highest BCUT2D eigenvalue weighted by Gasteiger charge is 2.14. The van der Waals surface area contributed by atoms with Crippen LogP contribution in [-0.2, 0) is 7.05 Å². The number of hydrogen-bond acceptors (Lipinski definition) is 6. The van der Waals surface area contributed by atoms with Crippen LogP contribution in [0.1, 0.15) is 10.4 Å².